The van der Waals surface area contributed by atoms with Gasteiger partial charge < -0.3 is 9.73 Å². The van der Waals surface area contributed by atoms with Gasteiger partial charge in [-0.1, -0.05) is 29.8 Å². The van der Waals surface area contributed by atoms with Crippen LogP contribution in [0.5, 0.6) is 0 Å². The molecule has 1 aromatic carbocycles. The lowest BCUT2D eigenvalue weighted by Gasteiger charge is -2.38. The molecule has 3 rings (SSSR count). The summed E-state index contributed by atoms with van der Waals surface area (Å²) >= 11 is 0. The summed E-state index contributed by atoms with van der Waals surface area (Å²) in [5.41, 5.74) is 2.85. The third kappa shape index (κ3) is 2.74. The Labute approximate surface area is 114 Å². The Morgan fingerprint density at radius 2 is 2.05 bits per heavy atom. The van der Waals surface area contributed by atoms with Crippen LogP contribution in [-0.2, 0) is 0 Å². The van der Waals surface area contributed by atoms with Crippen LogP contribution in [0.3, 0.4) is 0 Å². The maximum Gasteiger partial charge on any atom is 0.120 e. The van der Waals surface area contributed by atoms with E-state index in [9.17, 15) is 0 Å². The van der Waals surface area contributed by atoms with Crippen LogP contribution in [0.2, 0.25) is 0 Å². The number of hydrogen-bond acceptors (Lipinski definition) is 2. The van der Waals surface area contributed by atoms with Crippen molar-refractivity contribution in [2.75, 3.05) is 0 Å². The van der Waals surface area contributed by atoms with Crippen molar-refractivity contribution in [3.8, 4) is 0 Å². The monoisotopic (exact) mass is 255 g/mol. The molecule has 1 N–H and O–H groups in total. The van der Waals surface area contributed by atoms with E-state index in [1.165, 1.54) is 24.0 Å². The average molecular weight is 255 g/mol. The van der Waals surface area contributed by atoms with Crippen LogP contribution in [-0.4, -0.2) is 6.04 Å². The molecule has 0 saturated heterocycles. The molecule has 1 aromatic heterocycles. The molecule has 100 valence electrons. The van der Waals surface area contributed by atoms with E-state index < -0.39 is 0 Å². The molecule has 0 radical (unpaired) electrons. The zero-order valence-electron chi connectivity index (χ0n) is 11.6. The Morgan fingerprint density at radius 1 is 1.21 bits per heavy atom. The Balaban J connectivity index is 1.53. The van der Waals surface area contributed by atoms with Gasteiger partial charge in [0.2, 0.25) is 0 Å². The lowest BCUT2D eigenvalue weighted by Crippen LogP contribution is -2.41. The van der Waals surface area contributed by atoms with E-state index >= 15 is 0 Å². The lowest BCUT2D eigenvalue weighted by atomic mass is 9.75. The Hall–Kier alpha value is -1.54. The summed E-state index contributed by atoms with van der Waals surface area (Å²) in [6.45, 7) is 4.33. The van der Waals surface area contributed by atoms with Gasteiger partial charge in [-0.05, 0) is 50.3 Å². The minimum absolute atomic E-state index is 0.304. The van der Waals surface area contributed by atoms with Gasteiger partial charge in [-0.25, -0.2) is 0 Å². The van der Waals surface area contributed by atoms with Crippen molar-refractivity contribution >= 4 is 0 Å². The summed E-state index contributed by atoms with van der Waals surface area (Å²) in [5, 5.41) is 3.64. The van der Waals surface area contributed by atoms with E-state index in [0.29, 0.717) is 12.1 Å². The molecule has 0 unspecified atom stereocenters. The Bertz CT molecular complexity index is 526. The minimum atomic E-state index is 0.304. The van der Waals surface area contributed by atoms with Crippen molar-refractivity contribution in [2.24, 2.45) is 0 Å². The van der Waals surface area contributed by atoms with Gasteiger partial charge in [-0.15, -0.1) is 0 Å². The van der Waals surface area contributed by atoms with Crippen LogP contribution in [0, 0.1) is 6.92 Å². The number of furan rings is 1. The molecule has 2 aromatic rings. The fourth-order valence-corrected chi connectivity index (χ4v) is 2.92. The molecule has 19 heavy (non-hydrogen) atoms. The predicted molar refractivity (Wildman–Crippen MR) is 77.2 cm³/mol. The van der Waals surface area contributed by atoms with Crippen LogP contribution < -0.4 is 5.32 Å². The molecule has 0 aliphatic heterocycles. The molecule has 2 heteroatoms. The number of benzene rings is 1. The molecule has 1 heterocycles. The quantitative estimate of drug-likeness (QED) is 0.886. The van der Waals surface area contributed by atoms with Crippen molar-refractivity contribution in [3.63, 3.8) is 0 Å². The number of aryl methyl sites for hydroxylation is 1. The van der Waals surface area contributed by atoms with Gasteiger partial charge >= 0.3 is 0 Å². The van der Waals surface area contributed by atoms with Gasteiger partial charge in [-0.3, -0.25) is 0 Å². The van der Waals surface area contributed by atoms with Gasteiger partial charge in [0, 0.05) is 6.04 Å². The van der Waals surface area contributed by atoms with Gasteiger partial charge in [0.1, 0.15) is 5.76 Å². The van der Waals surface area contributed by atoms with Gasteiger partial charge in [0.05, 0.1) is 12.3 Å². The highest BCUT2D eigenvalue weighted by molar-refractivity contribution is 5.27. The van der Waals surface area contributed by atoms with E-state index in [1.807, 2.05) is 12.1 Å². The molecule has 1 saturated carbocycles. The first-order valence-corrected chi connectivity index (χ1v) is 7.08. The maximum atomic E-state index is 5.43. The van der Waals surface area contributed by atoms with E-state index in [4.69, 9.17) is 4.42 Å². The predicted octanol–water partition coefficient (Wildman–Crippen LogP) is 4.18. The van der Waals surface area contributed by atoms with Gasteiger partial charge in [0.15, 0.2) is 0 Å². The summed E-state index contributed by atoms with van der Waals surface area (Å²) in [7, 11) is 0. The molecule has 0 amide bonds. The Morgan fingerprint density at radius 3 is 2.74 bits per heavy atom. The molecule has 1 fully saturated rings. The normalized spacial score (nSPS) is 23.9. The molecule has 0 bridgehead atoms. The summed E-state index contributed by atoms with van der Waals surface area (Å²) in [5.74, 6) is 1.75. The third-order valence-electron chi connectivity index (χ3n) is 4.11. The van der Waals surface area contributed by atoms with E-state index in [2.05, 4.69) is 43.4 Å². The number of nitrogens with one attached hydrogen (secondary N) is 1. The van der Waals surface area contributed by atoms with Gasteiger partial charge in [-0.2, -0.15) is 0 Å². The van der Waals surface area contributed by atoms with Crippen LogP contribution in [0.25, 0.3) is 0 Å². The van der Waals surface area contributed by atoms with E-state index in [1.54, 1.807) is 6.26 Å². The first-order chi connectivity index (χ1) is 9.22. The summed E-state index contributed by atoms with van der Waals surface area (Å²) in [6, 6.07) is 13.8. The first kappa shape index (κ1) is 12.5. The smallest absolute Gasteiger partial charge is 0.120 e. The molecule has 2 nitrogen and oxygen atoms in total. The topological polar surface area (TPSA) is 25.2 Å². The fourth-order valence-electron chi connectivity index (χ4n) is 2.92. The van der Waals surface area contributed by atoms with Crippen molar-refractivity contribution < 1.29 is 4.42 Å². The largest absolute Gasteiger partial charge is 0.468 e. The minimum Gasteiger partial charge on any atom is -0.468 e. The fraction of sp³-hybridized carbons (Fsp3) is 0.412. The van der Waals surface area contributed by atoms with Crippen molar-refractivity contribution in [3.05, 3.63) is 59.5 Å². The first-order valence-electron chi connectivity index (χ1n) is 7.08. The van der Waals surface area contributed by atoms with E-state index in [0.717, 1.165) is 11.7 Å². The molecule has 1 aliphatic carbocycles. The molecule has 1 aliphatic rings. The zero-order valence-corrected chi connectivity index (χ0v) is 11.6. The summed E-state index contributed by atoms with van der Waals surface area (Å²) < 4.78 is 5.43. The van der Waals surface area contributed by atoms with Crippen LogP contribution in [0.15, 0.2) is 47.1 Å². The molecular formula is C17H21NO. The van der Waals surface area contributed by atoms with E-state index in [-0.39, 0.29) is 0 Å². The third-order valence-corrected chi connectivity index (χ3v) is 4.11. The molecular weight excluding hydrogens is 234 g/mol. The maximum absolute atomic E-state index is 5.43. The highest BCUT2D eigenvalue weighted by atomic mass is 16.3. The highest BCUT2D eigenvalue weighted by Gasteiger charge is 2.31. The number of hydrogen-bond donors (Lipinski definition) is 1. The van der Waals surface area contributed by atoms with Crippen molar-refractivity contribution in [1.82, 2.24) is 5.32 Å². The summed E-state index contributed by atoms with van der Waals surface area (Å²) in [6.07, 6.45) is 4.20. The van der Waals surface area contributed by atoms with Gasteiger partial charge in [0.25, 0.3) is 0 Å². The molecule has 0 spiro atoms. The van der Waals surface area contributed by atoms with Crippen LogP contribution >= 0.6 is 0 Å². The SMILES string of the molecule is Cc1cccc(C2CC(N[C@H](C)c3ccco3)C2)c1. The summed E-state index contributed by atoms with van der Waals surface area (Å²) in [4.78, 5) is 0. The average Bonchev–Trinajstić information content (AvgIpc) is 2.86. The van der Waals surface area contributed by atoms with Crippen LogP contribution in [0.4, 0.5) is 0 Å². The lowest BCUT2D eigenvalue weighted by molar-refractivity contribution is 0.258. The Kier molecular flexibility index (Phi) is 3.43. The second kappa shape index (κ2) is 5.22. The van der Waals surface area contributed by atoms with Crippen molar-refractivity contribution in [1.29, 1.82) is 0 Å². The van der Waals surface area contributed by atoms with Crippen molar-refractivity contribution in [2.45, 2.75) is 44.7 Å². The molecule has 1 atom stereocenters. The standard InChI is InChI=1S/C17H21NO/c1-12-5-3-6-14(9-12)15-10-16(11-15)18-13(2)17-7-4-8-19-17/h3-9,13,15-16,18H,10-11H2,1-2H3/t13-,15?,16?/m1/s1. The second-order valence-electron chi connectivity index (χ2n) is 5.68. The van der Waals surface area contributed by atoms with Crippen LogP contribution in [0.1, 0.15) is 48.6 Å². The number of rotatable bonds is 4. The highest BCUT2D eigenvalue weighted by Crippen LogP contribution is 2.38. The zero-order chi connectivity index (χ0) is 13.2. The second-order valence-corrected chi connectivity index (χ2v) is 5.68.